The number of nitrogens with zero attached hydrogens (tertiary/aromatic N) is 3. The second-order valence-electron chi connectivity index (χ2n) is 7.96. The van der Waals surface area contributed by atoms with E-state index in [-0.39, 0.29) is 31.1 Å². The van der Waals surface area contributed by atoms with Crippen molar-refractivity contribution < 1.29 is 14.4 Å². The third kappa shape index (κ3) is 5.74. The van der Waals surface area contributed by atoms with Crippen LogP contribution in [-0.2, 0) is 14.4 Å². The van der Waals surface area contributed by atoms with Crippen molar-refractivity contribution in [2.75, 3.05) is 25.5 Å². The summed E-state index contributed by atoms with van der Waals surface area (Å²) in [5.74, 6) is -1.84. The van der Waals surface area contributed by atoms with E-state index < -0.39 is 23.8 Å². The Morgan fingerprint density at radius 2 is 2.09 bits per heavy atom. The summed E-state index contributed by atoms with van der Waals surface area (Å²) in [5, 5.41) is 23.3. The molecular formula is C24H26N6O3. The number of hydrogen-bond donors (Lipinski definition) is 3. The molecule has 170 valence electrons. The zero-order valence-corrected chi connectivity index (χ0v) is 18.5. The van der Waals surface area contributed by atoms with E-state index in [0.717, 1.165) is 10.5 Å². The molecule has 1 aromatic rings. The number of dihydropyridines is 1. The van der Waals surface area contributed by atoms with Gasteiger partial charge in [-0.15, -0.1) is 0 Å². The second kappa shape index (κ2) is 10.4. The molecule has 1 saturated heterocycles. The smallest absolute Gasteiger partial charge is 0.272 e. The van der Waals surface area contributed by atoms with Gasteiger partial charge in [0, 0.05) is 31.2 Å². The van der Waals surface area contributed by atoms with Crippen LogP contribution >= 0.6 is 0 Å². The summed E-state index contributed by atoms with van der Waals surface area (Å²) < 4.78 is 0. The normalized spacial score (nSPS) is 20.2. The maximum absolute atomic E-state index is 12.9. The van der Waals surface area contributed by atoms with Gasteiger partial charge in [-0.25, -0.2) is 0 Å². The van der Waals surface area contributed by atoms with E-state index in [0.29, 0.717) is 11.4 Å². The number of likely N-dealkylation sites (N-methyl/N-ethyl adjacent to an activating group) is 1. The van der Waals surface area contributed by atoms with Crippen LogP contribution in [0.15, 0.2) is 60.5 Å². The lowest BCUT2D eigenvalue weighted by atomic mass is 10.0. The van der Waals surface area contributed by atoms with Gasteiger partial charge in [0.1, 0.15) is 11.8 Å². The maximum atomic E-state index is 12.9. The number of aryl methyl sites for hydroxylation is 1. The monoisotopic (exact) mass is 446 g/mol. The van der Waals surface area contributed by atoms with Crippen LogP contribution in [0.1, 0.15) is 12.0 Å². The van der Waals surface area contributed by atoms with Crippen LogP contribution in [0.3, 0.4) is 0 Å². The number of likely N-dealkylation sites (tertiary alicyclic amines) is 1. The number of para-hydroxylation sites is 1. The molecule has 2 aliphatic heterocycles. The lowest BCUT2D eigenvalue weighted by Gasteiger charge is -2.23. The van der Waals surface area contributed by atoms with Crippen LogP contribution in [0.4, 0.5) is 5.69 Å². The number of nitrogens with one attached hydrogen (secondary N) is 3. The predicted molar refractivity (Wildman–Crippen MR) is 124 cm³/mol. The number of nitriles is 1. The molecule has 2 atom stereocenters. The van der Waals surface area contributed by atoms with Crippen LogP contribution in [0, 0.1) is 29.6 Å². The summed E-state index contributed by atoms with van der Waals surface area (Å²) >= 11 is 0. The first-order chi connectivity index (χ1) is 15.8. The maximum Gasteiger partial charge on any atom is 0.272 e. The van der Waals surface area contributed by atoms with Crippen molar-refractivity contribution in [2.24, 2.45) is 5.92 Å². The average Bonchev–Trinajstić information content (AvgIpc) is 3.25. The van der Waals surface area contributed by atoms with Gasteiger partial charge in [-0.2, -0.15) is 5.26 Å². The van der Waals surface area contributed by atoms with E-state index in [1.54, 1.807) is 30.5 Å². The van der Waals surface area contributed by atoms with Crippen LogP contribution in [-0.4, -0.2) is 59.4 Å². The van der Waals surface area contributed by atoms with E-state index in [2.05, 4.69) is 16.7 Å². The van der Waals surface area contributed by atoms with E-state index in [1.165, 1.54) is 18.0 Å². The van der Waals surface area contributed by atoms with Crippen LogP contribution in [0.2, 0.25) is 0 Å². The van der Waals surface area contributed by atoms with Gasteiger partial charge >= 0.3 is 0 Å². The van der Waals surface area contributed by atoms with E-state index in [9.17, 15) is 19.6 Å². The Morgan fingerprint density at radius 3 is 2.76 bits per heavy atom. The number of carbonyl (C=O) groups excluding carboxylic acids is 3. The van der Waals surface area contributed by atoms with Crippen LogP contribution < -0.4 is 10.6 Å². The Labute approximate surface area is 192 Å². The van der Waals surface area contributed by atoms with Gasteiger partial charge < -0.3 is 20.4 Å². The Balaban J connectivity index is 1.60. The summed E-state index contributed by atoms with van der Waals surface area (Å²) in [6.07, 6.45) is 8.56. The molecule has 3 N–H and O–H groups in total. The Kier molecular flexibility index (Phi) is 7.41. The third-order valence-corrected chi connectivity index (χ3v) is 5.53. The van der Waals surface area contributed by atoms with Crippen molar-refractivity contribution in [2.45, 2.75) is 19.4 Å². The molecule has 3 rings (SSSR count). The Hall–Kier alpha value is -4.19. The summed E-state index contributed by atoms with van der Waals surface area (Å²) in [4.78, 5) is 40.6. The fraction of sp³-hybridized carbons (Fsp3) is 0.292. The second-order valence-corrected chi connectivity index (χ2v) is 7.96. The van der Waals surface area contributed by atoms with Gasteiger partial charge in [-0.05, 0) is 43.2 Å². The SMILES string of the molecule is Cc1ccccc1NC(=O)C1CC(C#N)N(C(=O)CN(C)C(=O)C(=N)/C=C2/C=CC=CN2)C1. The molecule has 0 radical (unpaired) electrons. The molecule has 3 amide bonds. The molecule has 0 aliphatic carbocycles. The molecule has 0 aromatic heterocycles. The van der Waals surface area contributed by atoms with E-state index >= 15 is 0 Å². The summed E-state index contributed by atoms with van der Waals surface area (Å²) in [5.41, 5.74) is 1.92. The summed E-state index contributed by atoms with van der Waals surface area (Å²) in [6.45, 7) is 1.69. The summed E-state index contributed by atoms with van der Waals surface area (Å²) in [7, 11) is 1.43. The molecule has 0 spiro atoms. The van der Waals surface area contributed by atoms with E-state index in [1.807, 2.05) is 25.1 Å². The largest absolute Gasteiger partial charge is 0.362 e. The molecule has 9 nitrogen and oxygen atoms in total. The van der Waals surface area contributed by atoms with Crippen molar-refractivity contribution in [3.63, 3.8) is 0 Å². The van der Waals surface area contributed by atoms with Gasteiger partial charge in [0.05, 0.1) is 18.5 Å². The lowest BCUT2D eigenvalue weighted by Crippen LogP contribution is -2.44. The number of hydrogen-bond acceptors (Lipinski definition) is 6. The number of rotatable bonds is 6. The van der Waals surface area contributed by atoms with Crippen molar-refractivity contribution in [1.82, 2.24) is 15.1 Å². The van der Waals surface area contributed by atoms with Gasteiger partial charge in [0.15, 0.2) is 0 Å². The van der Waals surface area contributed by atoms with Crippen molar-refractivity contribution >= 4 is 29.1 Å². The molecule has 2 unspecified atom stereocenters. The van der Waals surface area contributed by atoms with Crippen molar-refractivity contribution in [3.05, 3.63) is 66.0 Å². The minimum absolute atomic E-state index is 0.0966. The molecule has 1 fully saturated rings. The first kappa shape index (κ1) is 23.5. The zero-order valence-electron chi connectivity index (χ0n) is 18.5. The topological polar surface area (TPSA) is 129 Å². The molecule has 1 aromatic carbocycles. The van der Waals surface area contributed by atoms with Crippen LogP contribution in [0.25, 0.3) is 0 Å². The standard InChI is InChI=1S/C24H26N6O3/c1-16-7-3-4-9-21(16)28-23(32)17-11-19(13-25)30(14-17)22(31)15-29(2)24(33)20(26)12-18-8-5-6-10-27-18/h3-10,12,17,19,26-27H,11,14-15H2,1-2H3,(H,28,32)/b18-12-,26-20?. The number of allylic oxidation sites excluding steroid dienone is 3. The Morgan fingerprint density at radius 1 is 1.33 bits per heavy atom. The number of benzene rings is 1. The minimum Gasteiger partial charge on any atom is -0.362 e. The van der Waals surface area contributed by atoms with Gasteiger partial charge in [-0.1, -0.05) is 24.3 Å². The highest BCUT2D eigenvalue weighted by atomic mass is 16.2. The van der Waals surface area contributed by atoms with Gasteiger partial charge in [0.25, 0.3) is 5.91 Å². The van der Waals surface area contributed by atoms with Crippen molar-refractivity contribution in [1.29, 1.82) is 10.7 Å². The fourth-order valence-corrected chi connectivity index (χ4v) is 3.66. The zero-order chi connectivity index (χ0) is 24.0. The molecular weight excluding hydrogens is 420 g/mol. The fourth-order valence-electron chi connectivity index (χ4n) is 3.66. The minimum atomic E-state index is -0.751. The number of anilines is 1. The summed E-state index contributed by atoms with van der Waals surface area (Å²) in [6, 6.07) is 8.71. The Bertz CT molecular complexity index is 1100. The van der Waals surface area contributed by atoms with Gasteiger partial charge in [0.2, 0.25) is 11.8 Å². The quantitative estimate of drug-likeness (QED) is 0.573. The number of amides is 3. The molecule has 0 saturated carbocycles. The predicted octanol–water partition coefficient (Wildman–Crippen LogP) is 1.71. The highest BCUT2D eigenvalue weighted by Gasteiger charge is 2.39. The highest BCUT2D eigenvalue weighted by molar-refractivity contribution is 6.42. The lowest BCUT2D eigenvalue weighted by molar-refractivity contribution is -0.136. The number of carbonyl (C=O) groups is 3. The molecule has 2 aliphatic rings. The van der Waals surface area contributed by atoms with E-state index in [4.69, 9.17) is 5.41 Å². The first-order valence-corrected chi connectivity index (χ1v) is 10.5. The molecule has 0 bridgehead atoms. The van der Waals surface area contributed by atoms with Gasteiger partial charge in [-0.3, -0.25) is 19.8 Å². The molecule has 33 heavy (non-hydrogen) atoms. The average molecular weight is 447 g/mol. The first-order valence-electron chi connectivity index (χ1n) is 10.5. The highest BCUT2D eigenvalue weighted by Crippen LogP contribution is 2.25. The molecule has 2 heterocycles. The molecule has 9 heteroatoms. The van der Waals surface area contributed by atoms with Crippen LogP contribution in [0.5, 0.6) is 0 Å². The van der Waals surface area contributed by atoms with Crippen molar-refractivity contribution in [3.8, 4) is 6.07 Å². The third-order valence-electron chi connectivity index (χ3n) is 5.53.